The van der Waals surface area contributed by atoms with Crippen LogP contribution in [0.25, 0.3) is 11.0 Å². The molecule has 6 heteroatoms. The molecule has 2 aliphatic rings. The molecule has 25 heavy (non-hydrogen) atoms. The number of β-amino-alcohol motifs (C(OH)–C–C–N with tert-alkyl or cyclic N) is 1. The molecule has 0 radical (unpaired) electrons. The molecule has 134 valence electrons. The molecule has 6 nitrogen and oxygen atoms in total. The molecule has 1 saturated heterocycles. The van der Waals surface area contributed by atoms with Gasteiger partial charge in [0.1, 0.15) is 12.4 Å². The van der Waals surface area contributed by atoms with Crippen LogP contribution in [0.5, 0.6) is 0 Å². The molecule has 2 aromatic rings. The monoisotopic (exact) mass is 342 g/mol. The third kappa shape index (κ3) is 3.55. The number of aliphatic hydroxyl groups is 1. The average Bonchev–Trinajstić information content (AvgIpc) is 3.38. The van der Waals surface area contributed by atoms with Gasteiger partial charge in [0.25, 0.3) is 0 Å². The molecule has 1 aliphatic heterocycles. The quantitative estimate of drug-likeness (QED) is 0.893. The van der Waals surface area contributed by atoms with Crippen LogP contribution in [0.2, 0.25) is 0 Å². The van der Waals surface area contributed by atoms with Crippen molar-refractivity contribution in [3.63, 3.8) is 0 Å². The second-order valence-electron chi connectivity index (χ2n) is 7.35. The Morgan fingerprint density at radius 3 is 2.64 bits per heavy atom. The van der Waals surface area contributed by atoms with Gasteiger partial charge in [-0.3, -0.25) is 9.69 Å². The van der Waals surface area contributed by atoms with Crippen LogP contribution >= 0.6 is 0 Å². The van der Waals surface area contributed by atoms with Crippen molar-refractivity contribution in [1.82, 2.24) is 19.4 Å². The zero-order valence-electron chi connectivity index (χ0n) is 14.8. The summed E-state index contributed by atoms with van der Waals surface area (Å²) >= 11 is 0. The lowest BCUT2D eigenvalue weighted by Gasteiger charge is -2.35. The van der Waals surface area contributed by atoms with Crippen molar-refractivity contribution in [2.24, 2.45) is 0 Å². The summed E-state index contributed by atoms with van der Waals surface area (Å²) in [6.45, 7) is 5.99. The van der Waals surface area contributed by atoms with Crippen LogP contribution in [0.1, 0.15) is 31.5 Å². The van der Waals surface area contributed by atoms with Gasteiger partial charge in [-0.25, -0.2) is 4.98 Å². The number of amides is 1. The minimum atomic E-state index is -0.319. The van der Waals surface area contributed by atoms with Crippen LogP contribution in [0.4, 0.5) is 0 Å². The van der Waals surface area contributed by atoms with Gasteiger partial charge in [-0.15, -0.1) is 0 Å². The number of aliphatic hydroxyl groups excluding tert-OH is 1. The summed E-state index contributed by atoms with van der Waals surface area (Å²) in [4.78, 5) is 21.8. The summed E-state index contributed by atoms with van der Waals surface area (Å²) in [6.07, 6.45) is 2.03. The van der Waals surface area contributed by atoms with Crippen molar-refractivity contribution in [2.75, 3.05) is 32.7 Å². The first-order chi connectivity index (χ1) is 12.1. The first kappa shape index (κ1) is 16.5. The molecular weight excluding hydrogens is 316 g/mol. The normalized spacial score (nSPS) is 20.2. The maximum Gasteiger partial charge on any atom is 0.242 e. The van der Waals surface area contributed by atoms with E-state index in [0.717, 1.165) is 43.0 Å². The Hall–Kier alpha value is -1.92. The lowest BCUT2D eigenvalue weighted by Crippen LogP contribution is -2.50. The number of carbonyl (C=O) groups is 1. The third-order valence-electron chi connectivity index (χ3n) is 5.17. The van der Waals surface area contributed by atoms with Gasteiger partial charge in [0, 0.05) is 38.6 Å². The third-order valence-corrected chi connectivity index (χ3v) is 5.17. The van der Waals surface area contributed by atoms with Gasteiger partial charge in [0.15, 0.2) is 0 Å². The molecule has 0 bridgehead atoms. The highest BCUT2D eigenvalue weighted by atomic mass is 16.3. The first-order valence-corrected chi connectivity index (χ1v) is 9.25. The Bertz CT molecular complexity index is 758. The highest BCUT2D eigenvalue weighted by Crippen LogP contribution is 2.40. The van der Waals surface area contributed by atoms with E-state index in [1.807, 2.05) is 23.1 Å². The van der Waals surface area contributed by atoms with Crippen molar-refractivity contribution >= 4 is 16.9 Å². The summed E-state index contributed by atoms with van der Waals surface area (Å²) in [6, 6.07) is 8.09. The fourth-order valence-corrected chi connectivity index (χ4v) is 3.70. The molecule has 1 N–H and O–H groups in total. The van der Waals surface area contributed by atoms with Crippen molar-refractivity contribution in [1.29, 1.82) is 0 Å². The highest BCUT2D eigenvalue weighted by Gasteiger charge is 2.31. The second kappa shape index (κ2) is 6.77. The van der Waals surface area contributed by atoms with Crippen LogP contribution in [-0.4, -0.2) is 69.2 Å². The Morgan fingerprint density at radius 2 is 1.96 bits per heavy atom. The lowest BCUT2D eigenvalue weighted by atomic mass is 10.2. The molecule has 2 fully saturated rings. The SMILES string of the molecule is C[C@@H](O)CN1CCN(C(=O)Cn2c(C3CC3)nc3ccccc32)CC1. The highest BCUT2D eigenvalue weighted by molar-refractivity contribution is 5.81. The minimum absolute atomic E-state index is 0.168. The number of piperazine rings is 1. The smallest absolute Gasteiger partial charge is 0.242 e. The van der Waals surface area contributed by atoms with Crippen LogP contribution in [0.15, 0.2) is 24.3 Å². The molecule has 1 aliphatic carbocycles. The van der Waals surface area contributed by atoms with Crippen molar-refractivity contribution in [3.05, 3.63) is 30.1 Å². The maximum absolute atomic E-state index is 12.8. The predicted octanol–water partition coefficient (Wildman–Crippen LogP) is 1.44. The van der Waals surface area contributed by atoms with Gasteiger partial charge in [-0.1, -0.05) is 12.1 Å². The van der Waals surface area contributed by atoms with Crippen molar-refractivity contribution < 1.29 is 9.90 Å². The Morgan fingerprint density at radius 1 is 1.24 bits per heavy atom. The van der Waals surface area contributed by atoms with Gasteiger partial charge >= 0.3 is 0 Å². The van der Waals surface area contributed by atoms with Crippen LogP contribution < -0.4 is 0 Å². The number of fused-ring (bicyclic) bond motifs is 1. The summed E-state index contributed by atoms with van der Waals surface area (Å²) in [5.74, 6) is 1.76. The zero-order valence-corrected chi connectivity index (χ0v) is 14.8. The van der Waals surface area contributed by atoms with Crippen LogP contribution in [0, 0.1) is 0 Å². The van der Waals surface area contributed by atoms with Gasteiger partial charge in [-0.05, 0) is 31.9 Å². The first-order valence-electron chi connectivity index (χ1n) is 9.25. The largest absolute Gasteiger partial charge is 0.392 e. The van der Waals surface area contributed by atoms with E-state index in [0.29, 0.717) is 19.0 Å². The number of aromatic nitrogens is 2. The maximum atomic E-state index is 12.8. The number of para-hydroxylation sites is 2. The number of hydrogen-bond acceptors (Lipinski definition) is 4. The van der Waals surface area contributed by atoms with Crippen molar-refractivity contribution in [3.8, 4) is 0 Å². The topological polar surface area (TPSA) is 61.6 Å². The molecule has 1 amide bonds. The second-order valence-corrected chi connectivity index (χ2v) is 7.35. The van der Waals surface area contributed by atoms with Crippen LogP contribution in [-0.2, 0) is 11.3 Å². The summed E-state index contributed by atoms with van der Waals surface area (Å²) in [5.41, 5.74) is 2.05. The van der Waals surface area contributed by atoms with Gasteiger partial charge in [0.05, 0.1) is 17.1 Å². The molecule has 2 heterocycles. The number of rotatable bonds is 5. The lowest BCUT2D eigenvalue weighted by molar-refractivity contribution is -0.133. The molecular formula is C19H26N4O2. The van der Waals surface area contributed by atoms with E-state index in [1.165, 1.54) is 12.8 Å². The predicted molar refractivity (Wildman–Crippen MR) is 96.4 cm³/mol. The number of hydrogen-bond donors (Lipinski definition) is 1. The summed E-state index contributed by atoms with van der Waals surface area (Å²) in [5, 5.41) is 9.51. The van der Waals surface area contributed by atoms with E-state index < -0.39 is 0 Å². The number of imidazole rings is 1. The molecule has 0 spiro atoms. The van der Waals surface area contributed by atoms with E-state index in [9.17, 15) is 9.90 Å². The number of nitrogens with zero attached hydrogens (tertiary/aromatic N) is 4. The van der Waals surface area contributed by atoms with E-state index in [1.54, 1.807) is 6.92 Å². The van der Waals surface area contributed by atoms with Crippen LogP contribution in [0.3, 0.4) is 0 Å². The molecule has 1 aromatic carbocycles. The molecule has 4 rings (SSSR count). The minimum Gasteiger partial charge on any atom is -0.392 e. The summed E-state index contributed by atoms with van der Waals surface area (Å²) in [7, 11) is 0. The zero-order chi connectivity index (χ0) is 17.4. The molecule has 0 unspecified atom stereocenters. The van der Waals surface area contributed by atoms with E-state index >= 15 is 0 Å². The fraction of sp³-hybridized carbons (Fsp3) is 0.579. The number of benzene rings is 1. The Balaban J connectivity index is 1.46. The van der Waals surface area contributed by atoms with Crippen molar-refractivity contribution in [2.45, 2.75) is 38.3 Å². The Kier molecular flexibility index (Phi) is 4.48. The average molecular weight is 342 g/mol. The molecule has 1 saturated carbocycles. The van der Waals surface area contributed by atoms with Gasteiger partial charge < -0.3 is 14.6 Å². The summed E-state index contributed by atoms with van der Waals surface area (Å²) < 4.78 is 2.12. The fourth-order valence-electron chi connectivity index (χ4n) is 3.70. The van der Waals surface area contributed by atoms with E-state index in [-0.39, 0.29) is 12.0 Å². The standard InChI is InChI=1S/C19H26N4O2/c1-14(24)12-21-8-10-22(11-9-21)18(25)13-23-17-5-3-2-4-16(17)20-19(23)15-6-7-15/h2-5,14-15,24H,6-13H2,1H3/t14-/m1/s1. The van der Waals surface area contributed by atoms with E-state index in [4.69, 9.17) is 4.98 Å². The molecule has 1 atom stereocenters. The van der Waals surface area contributed by atoms with Gasteiger partial charge in [0.2, 0.25) is 5.91 Å². The molecule has 1 aromatic heterocycles. The van der Waals surface area contributed by atoms with Gasteiger partial charge in [-0.2, -0.15) is 0 Å². The van der Waals surface area contributed by atoms with E-state index in [2.05, 4.69) is 15.5 Å². The number of carbonyl (C=O) groups excluding carboxylic acids is 1. The Labute approximate surface area is 148 Å².